The number of aromatic nitrogens is 5. The molecule has 1 fully saturated rings. The van der Waals surface area contributed by atoms with E-state index in [1.807, 2.05) is 29.2 Å². The van der Waals surface area contributed by atoms with Crippen molar-refractivity contribution in [3.05, 3.63) is 48.2 Å². The van der Waals surface area contributed by atoms with Crippen molar-refractivity contribution in [3.8, 4) is 11.6 Å². The quantitative estimate of drug-likeness (QED) is 0.309. The monoisotopic (exact) mass is 511 g/mol. The van der Waals surface area contributed by atoms with Crippen molar-refractivity contribution >= 4 is 29.3 Å². The average Bonchev–Trinajstić information content (AvgIpc) is 3.55. The second kappa shape index (κ2) is 10.5. The molecule has 1 saturated heterocycles. The van der Waals surface area contributed by atoms with Crippen molar-refractivity contribution in [1.82, 2.24) is 29.5 Å². The molecule has 0 saturated carbocycles. The molecule has 1 amide bonds. The second-order valence-electron chi connectivity index (χ2n) is 8.90. The summed E-state index contributed by atoms with van der Waals surface area (Å²) >= 11 is 0. The molecule has 13 heteroatoms. The highest BCUT2D eigenvalue weighted by Crippen LogP contribution is 2.27. The molecule has 0 spiro atoms. The maximum absolute atomic E-state index is 13.2. The van der Waals surface area contributed by atoms with E-state index in [2.05, 4.69) is 30.7 Å². The van der Waals surface area contributed by atoms with Crippen LogP contribution >= 0.6 is 0 Å². The van der Waals surface area contributed by atoms with E-state index in [0.29, 0.717) is 61.6 Å². The summed E-state index contributed by atoms with van der Waals surface area (Å²) in [6, 6.07) is 11.0. The molecule has 0 bridgehead atoms. The van der Waals surface area contributed by atoms with Crippen molar-refractivity contribution in [2.45, 2.75) is 31.6 Å². The van der Waals surface area contributed by atoms with Crippen LogP contribution in [0.3, 0.4) is 0 Å². The number of carbonyl (C=O) groups is 1. The number of piperidine rings is 1. The van der Waals surface area contributed by atoms with E-state index in [1.54, 1.807) is 12.1 Å². The van der Waals surface area contributed by atoms with Gasteiger partial charge in [-0.2, -0.15) is 19.5 Å². The number of hydrogen-bond acceptors (Lipinski definition) is 9. The number of nitrogens with one attached hydrogen (secondary N) is 2. The predicted molar refractivity (Wildman–Crippen MR) is 133 cm³/mol. The van der Waals surface area contributed by atoms with Crippen LogP contribution in [0.5, 0.6) is 0 Å². The lowest BCUT2D eigenvalue weighted by atomic mass is 10.1. The third-order valence-electron chi connectivity index (χ3n) is 6.15. The Kier molecular flexibility index (Phi) is 6.95. The van der Waals surface area contributed by atoms with Crippen LogP contribution < -0.4 is 16.4 Å². The molecule has 5 rings (SSSR count). The smallest absolute Gasteiger partial charge is 0.259 e. The minimum Gasteiger partial charge on any atom is -0.461 e. The van der Waals surface area contributed by atoms with Gasteiger partial charge in [-0.25, -0.2) is 8.78 Å². The van der Waals surface area contributed by atoms with Gasteiger partial charge in [-0.05, 0) is 36.2 Å². The number of hydrogen-bond donors (Lipinski definition) is 3. The summed E-state index contributed by atoms with van der Waals surface area (Å²) in [6.45, 7) is 1.66. The highest BCUT2D eigenvalue weighted by molar-refractivity contribution is 5.90. The average molecular weight is 512 g/mol. The van der Waals surface area contributed by atoms with Crippen molar-refractivity contribution in [1.29, 1.82) is 0 Å². The van der Waals surface area contributed by atoms with Gasteiger partial charge < -0.3 is 25.7 Å². The zero-order valence-corrected chi connectivity index (χ0v) is 20.0. The number of nitrogen functional groups attached to an aromatic ring is 1. The van der Waals surface area contributed by atoms with E-state index >= 15 is 0 Å². The van der Waals surface area contributed by atoms with Crippen molar-refractivity contribution < 1.29 is 18.0 Å². The number of amides is 1. The first-order valence-electron chi connectivity index (χ1n) is 12.0. The van der Waals surface area contributed by atoms with E-state index < -0.39 is 5.92 Å². The second-order valence-corrected chi connectivity index (χ2v) is 8.90. The zero-order valence-electron chi connectivity index (χ0n) is 20.0. The normalized spacial score (nSPS) is 15.6. The Labute approximate surface area is 211 Å². The number of halogens is 2. The molecule has 194 valence electrons. The number of furan rings is 1. The fourth-order valence-electron chi connectivity index (χ4n) is 4.06. The first-order valence-corrected chi connectivity index (χ1v) is 12.0. The molecular formula is C24H27F2N9O2. The van der Waals surface area contributed by atoms with Gasteiger partial charge in [0.15, 0.2) is 5.76 Å². The Morgan fingerprint density at radius 2 is 1.89 bits per heavy atom. The predicted octanol–water partition coefficient (Wildman–Crippen LogP) is 3.08. The maximum Gasteiger partial charge on any atom is 0.259 e. The summed E-state index contributed by atoms with van der Waals surface area (Å²) in [5.74, 6) is -1.05. The molecule has 37 heavy (non-hydrogen) atoms. The van der Waals surface area contributed by atoms with Gasteiger partial charge in [-0.15, -0.1) is 5.10 Å². The number of likely N-dealkylation sites (tertiary alicyclic amines) is 1. The molecule has 0 radical (unpaired) electrons. The molecule has 3 aromatic heterocycles. The van der Waals surface area contributed by atoms with Crippen LogP contribution in [0.4, 0.5) is 26.4 Å². The third kappa shape index (κ3) is 6.17. The van der Waals surface area contributed by atoms with Gasteiger partial charge in [0.2, 0.25) is 23.6 Å². The van der Waals surface area contributed by atoms with Crippen molar-refractivity contribution in [2.24, 2.45) is 0 Å². The first kappa shape index (κ1) is 24.6. The van der Waals surface area contributed by atoms with E-state index in [9.17, 15) is 13.6 Å². The lowest BCUT2D eigenvalue weighted by Gasteiger charge is -2.31. The Balaban J connectivity index is 1.08. The van der Waals surface area contributed by atoms with E-state index in [-0.39, 0.29) is 31.1 Å². The summed E-state index contributed by atoms with van der Waals surface area (Å²) in [5, 5.41) is 10.3. The molecular weight excluding hydrogens is 484 g/mol. The zero-order chi connectivity index (χ0) is 25.8. The lowest BCUT2D eigenvalue weighted by molar-refractivity contribution is -0.116. The van der Waals surface area contributed by atoms with Crippen LogP contribution in [0, 0.1) is 0 Å². The SMILES string of the molecule is Nc1nc(NCCc2ccc(NC(=O)CCN3CCC(F)(F)CC3)cc2)nc2nc(-c3ccco3)nn12. The highest BCUT2D eigenvalue weighted by Gasteiger charge is 2.33. The lowest BCUT2D eigenvalue weighted by Crippen LogP contribution is -2.40. The third-order valence-corrected chi connectivity index (χ3v) is 6.15. The number of anilines is 3. The van der Waals surface area contributed by atoms with Crippen LogP contribution in [0.1, 0.15) is 24.8 Å². The molecule has 0 aliphatic carbocycles. The van der Waals surface area contributed by atoms with Crippen molar-refractivity contribution in [3.63, 3.8) is 0 Å². The number of nitrogens with two attached hydrogens (primary N) is 1. The van der Waals surface area contributed by atoms with Gasteiger partial charge in [0.05, 0.1) is 6.26 Å². The molecule has 0 atom stereocenters. The number of fused-ring (bicyclic) bond motifs is 1. The van der Waals surface area contributed by atoms with Crippen LogP contribution in [-0.2, 0) is 11.2 Å². The molecule has 4 N–H and O–H groups in total. The highest BCUT2D eigenvalue weighted by atomic mass is 19.3. The Hall–Kier alpha value is -4.13. The van der Waals surface area contributed by atoms with Gasteiger partial charge in [0, 0.05) is 51.1 Å². The first-order chi connectivity index (χ1) is 17.8. The van der Waals surface area contributed by atoms with Gasteiger partial charge in [0.1, 0.15) is 0 Å². The molecule has 4 heterocycles. The molecule has 4 aromatic rings. The van der Waals surface area contributed by atoms with E-state index in [0.717, 1.165) is 5.56 Å². The largest absolute Gasteiger partial charge is 0.461 e. The number of nitrogens with zero attached hydrogens (tertiary/aromatic N) is 6. The summed E-state index contributed by atoms with van der Waals surface area (Å²) in [5.41, 5.74) is 7.75. The minimum atomic E-state index is -2.58. The maximum atomic E-state index is 13.2. The fraction of sp³-hybridized carbons (Fsp3) is 0.375. The minimum absolute atomic E-state index is 0.138. The number of alkyl halides is 2. The molecule has 11 nitrogen and oxygen atoms in total. The van der Waals surface area contributed by atoms with Gasteiger partial charge >= 0.3 is 0 Å². The van der Waals surface area contributed by atoms with Gasteiger partial charge in [-0.3, -0.25) is 4.79 Å². The van der Waals surface area contributed by atoms with Crippen molar-refractivity contribution in [2.75, 3.05) is 42.5 Å². The van der Waals surface area contributed by atoms with Crippen LogP contribution in [0.15, 0.2) is 47.1 Å². The Morgan fingerprint density at radius 1 is 1.11 bits per heavy atom. The number of carbonyl (C=O) groups excluding carboxylic acids is 1. The van der Waals surface area contributed by atoms with E-state index in [4.69, 9.17) is 10.2 Å². The standard InChI is InChI=1S/C24H27F2N9O2/c25-24(26)9-13-34(14-10-24)12-8-19(36)29-17-5-3-16(4-6-17)7-11-28-22-31-21(27)35-23(32-22)30-20(33-35)18-2-1-15-37-18/h1-6,15H,7-14H2,(H,29,36)(H3,27,28,30,31,32,33). The summed E-state index contributed by atoms with van der Waals surface area (Å²) in [4.78, 5) is 27.1. The van der Waals surface area contributed by atoms with Gasteiger partial charge in [0.25, 0.3) is 11.7 Å². The molecule has 1 aliphatic rings. The number of benzene rings is 1. The number of rotatable bonds is 9. The van der Waals surface area contributed by atoms with Crippen LogP contribution in [-0.4, -0.2) is 67.5 Å². The summed E-state index contributed by atoms with van der Waals surface area (Å²) in [6.07, 6.45) is 2.19. The molecule has 1 aromatic carbocycles. The fourth-order valence-corrected chi connectivity index (χ4v) is 4.06. The van der Waals surface area contributed by atoms with E-state index in [1.165, 1.54) is 10.8 Å². The van der Waals surface area contributed by atoms with Crippen LogP contribution in [0.25, 0.3) is 17.4 Å². The van der Waals surface area contributed by atoms with Crippen LogP contribution in [0.2, 0.25) is 0 Å². The summed E-state index contributed by atoms with van der Waals surface area (Å²) in [7, 11) is 0. The molecule has 0 unspecified atom stereocenters. The molecule has 1 aliphatic heterocycles. The Bertz CT molecular complexity index is 1350. The van der Waals surface area contributed by atoms with Gasteiger partial charge in [-0.1, -0.05) is 12.1 Å². The Morgan fingerprint density at radius 3 is 2.62 bits per heavy atom. The topological polar surface area (TPSA) is 139 Å². The summed E-state index contributed by atoms with van der Waals surface area (Å²) < 4.78 is 33.2.